The van der Waals surface area contributed by atoms with Crippen molar-refractivity contribution in [1.29, 1.82) is 0 Å². The van der Waals surface area contributed by atoms with Crippen LogP contribution in [0.3, 0.4) is 0 Å². The Hall–Kier alpha value is -3.02. The third-order valence-corrected chi connectivity index (χ3v) is 4.61. The molecule has 2 aromatic carbocycles. The van der Waals surface area contributed by atoms with Crippen LogP contribution >= 0.6 is 0 Å². The summed E-state index contributed by atoms with van der Waals surface area (Å²) in [6.07, 6.45) is 1.02. The minimum absolute atomic E-state index is 0.0187. The van der Waals surface area contributed by atoms with Gasteiger partial charge in [-0.25, -0.2) is 4.79 Å². The number of carboxylic acids is 1. The van der Waals surface area contributed by atoms with Gasteiger partial charge in [0.05, 0.1) is 12.0 Å². The smallest absolute Gasteiger partial charge is 0.335 e. The van der Waals surface area contributed by atoms with Crippen LogP contribution in [0, 0.1) is 0 Å². The Morgan fingerprint density at radius 3 is 2.72 bits per heavy atom. The Morgan fingerprint density at radius 1 is 1.04 bits per heavy atom. The van der Waals surface area contributed by atoms with Gasteiger partial charge in [0.25, 0.3) is 0 Å². The van der Waals surface area contributed by atoms with Crippen molar-refractivity contribution in [2.45, 2.75) is 19.4 Å². The van der Waals surface area contributed by atoms with E-state index in [1.807, 2.05) is 24.3 Å². The maximum Gasteiger partial charge on any atom is 0.335 e. The minimum atomic E-state index is -0.952. The molecule has 0 saturated heterocycles. The number of carbonyl (C=O) groups excluding carboxylic acids is 1. The molecule has 0 saturated carbocycles. The van der Waals surface area contributed by atoms with Crippen molar-refractivity contribution in [3.63, 3.8) is 0 Å². The van der Waals surface area contributed by atoms with Gasteiger partial charge in [-0.2, -0.15) is 0 Å². The molecule has 2 aliphatic rings. The van der Waals surface area contributed by atoms with Gasteiger partial charge >= 0.3 is 5.97 Å². The molecule has 4 rings (SSSR count). The molecule has 0 atom stereocenters. The average Bonchev–Trinajstić information content (AvgIpc) is 3.08. The Morgan fingerprint density at radius 2 is 1.88 bits per heavy atom. The van der Waals surface area contributed by atoms with E-state index in [-0.39, 0.29) is 24.7 Å². The quantitative estimate of drug-likeness (QED) is 0.928. The third kappa shape index (κ3) is 3.03. The number of amides is 1. The van der Waals surface area contributed by atoms with Gasteiger partial charge in [0.15, 0.2) is 11.5 Å². The zero-order valence-corrected chi connectivity index (χ0v) is 13.5. The number of carbonyl (C=O) groups is 2. The lowest BCUT2D eigenvalue weighted by molar-refractivity contribution is -0.131. The fraction of sp³-hybridized carbons (Fsp3) is 0.263. The first-order valence-corrected chi connectivity index (χ1v) is 8.11. The normalized spacial score (nSPS) is 15.0. The second-order valence-corrected chi connectivity index (χ2v) is 6.22. The first-order valence-electron chi connectivity index (χ1n) is 8.11. The largest absolute Gasteiger partial charge is 0.478 e. The summed E-state index contributed by atoms with van der Waals surface area (Å²) in [4.78, 5) is 25.5. The topological polar surface area (TPSA) is 76.1 Å². The molecule has 128 valence electrons. The van der Waals surface area contributed by atoms with Crippen LogP contribution < -0.4 is 9.47 Å². The lowest BCUT2D eigenvalue weighted by Crippen LogP contribution is -2.37. The lowest BCUT2D eigenvalue weighted by Gasteiger charge is -2.29. The van der Waals surface area contributed by atoms with Gasteiger partial charge in [-0.3, -0.25) is 4.79 Å². The van der Waals surface area contributed by atoms with Gasteiger partial charge < -0.3 is 19.5 Å². The number of ether oxygens (including phenoxy) is 2. The fourth-order valence-corrected chi connectivity index (χ4v) is 3.24. The standard InChI is InChI=1S/C19H17NO5/c21-18(8-12-1-4-16-17(7-12)25-11-24-16)20-6-5-13-2-3-14(19(22)23)9-15(13)10-20/h1-4,7,9H,5-6,8,10-11H2,(H,22,23). The van der Waals surface area contributed by atoms with Crippen molar-refractivity contribution >= 4 is 11.9 Å². The van der Waals surface area contributed by atoms with Crippen molar-refractivity contribution in [3.05, 3.63) is 58.7 Å². The summed E-state index contributed by atoms with van der Waals surface area (Å²) in [7, 11) is 0. The molecule has 0 aromatic heterocycles. The fourth-order valence-electron chi connectivity index (χ4n) is 3.24. The van der Waals surface area contributed by atoms with Gasteiger partial charge in [-0.05, 0) is 47.4 Å². The summed E-state index contributed by atoms with van der Waals surface area (Å²) < 4.78 is 10.6. The molecule has 0 radical (unpaired) electrons. The maximum atomic E-state index is 12.6. The highest BCUT2D eigenvalue weighted by molar-refractivity contribution is 5.88. The molecule has 0 fully saturated rings. The van der Waals surface area contributed by atoms with Crippen molar-refractivity contribution < 1.29 is 24.2 Å². The highest BCUT2D eigenvalue weighted by Crippen LogP contribution is 2.32. The van der Waals surface area contributed by atoms with E-state index >= 15 is 0 Å². The van der Waals surface area contributed by atoms with E-state index in [0.29, 0.717) is 24.6 Å². The predicted molar refractivity (Wildman–Crippen MR) is 88.8 cm³/mol. The average molecular weight is 339 g/mol. The molecule has 2 aliphatic heterocycles. The zero-order valence-electron chi connectivity index (χ0n) is 13.5. The number of aromatic carboxylic acids is 1. The minimum Gasteiger partial charge on any atom is -0.478 e. The van der Waals surface area contributed by atoms with Gasteiger partial charge in [0.1, 0.15) is 0 Å². The van der Waals surface area contributed by atoms with Crippen LogP contribution in [0.4, 0.5) is 0 Å². The van der Waals surface area contributed by atoms with E-state index in [0.717, 1.165) is 23.1 Å². The van der Waals surface area contributed by atoms with Crippen LogP contribution in [0.25, 0.3) is 0 Å². The number of hydrogen-bond donors (Lipinski definition) is 1. The number of nitrogens with zero attached hydrogens (tertiary/aromatic N) is 1. The number of hydrogen-bond acceptors (Lipinski definition) is 4. The molecule has 2 aromatic rings. The van der Waals surface area contributed by atoms with E-state index in [1.54, 1.807) is 17.0 Å². The van der Waals surface area contributed by atoms with E-state index in [4.69, 9.17) is 14.6 Å². The van der Waals surface area contributed by atoms with E-state index in [1.165, 1.54) is 0 Å². The van der Waals surface area contributed by atoms with Crippen LogP contribution in [0.1, 0.15) is 27.0 Å². The second-order valence-electron chi connectivity index (χ2n) is 6.22. The highest BCUT2D eigenvalue weighted by atomic mass is 16.7. The second kappa shape index (κ2) is 6.12. The molecule has 6 heteroatoms. The number of benzene rings is 2. The Bertz CT molecular complexity index is 861. The van der Waals surface area contributed by atoms with Gasteiger partial charge in [0.2, 0.25) is 12.7 Å². The summed E-state index contributed by atoms with van der Waals surface area (Å²) in [5.74, 6) is 0.432. The molecule has 1 amide bonds. The Balaban J connectivity index is 1.48. The molecule has 0 spiro atoms. The van der Waals surface area contributed by atoms with E-state index < -0.39 is 5.97 Å². The lowest BCUT2D eigenvalue weighted by atomic mass is 9.97. The van der Waals surface area contributed by atoms with Crippen LogP contribution in [-0.4, -0.2) is 35.2 Å². The Labute approximate surface area is 144 Å². The molecule has 0 aliphatic carbocycles. The van der Waals surface area contributed by atoms with Gasteiger partial charge in [-0.15, -0.1) is 0 Å². The summed E-state index contributed by atoms with van der Waals surface area (Å²) in [5, 5.41) is 9.13. The molecule has 1 N–H and O–H groups in total. The van der Waals surface area contributed by atoms with Crippen LogP contribution in [0.15, 0.2) is 36.4 Å². The zero-order chi connectivity index (χ0) is 17.4. The first kappa shape index (κ1) is 15.5. The van der Waals surface area contributed by atoms with Crippen LogP contribution in [0.5, 0.6) is 11.5 Å². The highest BCUT2D eigenvalue weighted by Gasteiger charge is 2.22. The summed E-state index contributed by atoms with van der Waals surface area (Å²) >= 11 is 0. The number of fused-ring (bicyclic) bond motifs is 2. The third-order valence-electron chi connectivity index (χ3n) is 4.61. The molecular formula is C19H17NO5. The number of rotatable bonds is 3. The van der Waals surface area contributed by atoms with E-state index in [9.17, 15) is 9.59 Å². The SMILES string of the molecule is O=C(O)c1ccc2c(c1)CN(C(=O)Cc1ccc3c(c1)OCO3)CC2. The predicted octanol–water partition coefficient (Wildman–Crippen LogP) is 2.24. The summed E-state index contributed by atoms with van der Waals surface area (Å²) in [6.45, 7) is 1.30. The molecule has 25 heavy (non-hydrogen) atoms. The summed E-state index contributed by atoms with van der Waals surface area (Å²) in [6, 6.07) is 10.6. The number of carboxylic acid groups (broad SMARTS) is 1. The molecule has 6 nitrogen and oxygen atoms in total. The molecule has 0 unspecified atom stereocenters. The molecular weight excluding hydrogens is 322 g/mol. The molecule has 0 bridgehead atoms. The summed E-state index contributed by atoms with van der Waals surface area (Å²) in [5.41, 5.74) is 3.14. The molecule has 2 heterocycles. The van der Waals surface area contributed by atoms with Crippen molar-refractivity contribution in [2.75, 3.05) is 13.3 Å². The van der Waals surface area contributed by atoms with Crippen LogP contribution in [0.2, 0.25) is 0 Å². The van der Waals surface area contributed by atoms with E-state index in [2.05, 4.69) is 0 Å². The van der Waals surface area contributed by atoms with Crippen molar-refractivity contribution in [2.24, 2.45) is 0 Å². The van der Waals surface area contributed by atoms with Crippen molar-refractivity contribution in [1.82, 2.24) is 4.90 Å². The first-order chi connectivity index (χ1) is 12.1. The monoisotopic (exact) mass is 339 g/mol. The van der Waals surface area contributed by atoms with Gasteiger partial charge in [0, 0.05) is 13.1 Å². The Kier molecular flexibility index (Phi) is 3.80. The van der Waals surface area contributed by atoms with Crippen molar-refractivity contribution in [3.8, 4) is 11.5 Å². The maximum absolute atomic E-state index is 12.6. The van der Waals surface area contributed by atoms with Crippen LogP contribution in [-0.2, 0) is 24.2 Å². The van der Waals surface area contributed by atoms with Gasteiger partial charge in [-0.1, -0.05) is 12.1 Å².